The van der Waals surface area contributed by atoms with Crippen molar-refractivity contribution in [3.05, 3.63) is 12.2 Å². The van der Waals surface area contributed by atoms with Crippen LogP contribution >= 0.6 is 0 Å². The Morgan fingerprint density at radius 2 is 2.29 bits per heavy atom. The third-order valence-corrected chi connectivity index (χ3v) is 4.26. The van der Waals surface area contributed by atoms with Crippen LogP contribution in [0.25, 0.3) is 0 Å². The zero-order chi connectivity index (χ0) is 14.5. The lowest BCUT2D eigenvalue weighted by molar-refractivity contribution is -0.134. The van der Waals surface area contributed by atoms with E-state index in [0.717, 1.165) is 12.4 Å². The summed E-state index contributed by atoms with van der Waals surface area (Å²) < 4.78 is 7.56. The minimum absolute atomic E-state index is 0.0830. The largest absolute Gasteiger partial charge is 0.366 e. The Labute approximate surface area is 124 Å². The van der Waals surface area contributed by atoms with Gasteiger partial charge in [-0.05, 0) is 12.8 Å². The van der Waals surface area contributed by atoms with Crippen molar-refractivity contribution >= 4 is 5.91 Å². The van der Waals surface area contributed by atoms with Crippen LogP contribution in [0.1, 0.15) is 44.0 Å². The SMILES string of the molecule is O=C(NCc1nncn1C1CCCCC1)[C@H]1CNCCO1. The molecule has 1 atom stereocenters. The molecule has 0 radical (unpaired) electrons. The molecule has 1 aromatic rings. The van der Waals surface area contributed by atoms with E-state index in [1.165, 1.54) is 32.1 Å². The van der Waals surface area contributed by atoms with E-state index in [4.69, 9.17) is 4.74 Å². The van der Waals surface area contributed by atoms with Crippen LogP contribution in [0.3, 0.4) is 0 Å². The maximum Gasteiger partial charge on any atom is 0.250 e. The molecule has 2 heterocycles. The van der Waals surface area contributed by atoms with Gasteiger partial charge in [0.2, 0.25) is 0 Å². The minimum Gasteiger partial charge on any atom is -0.366 e. The highest BCUT2D eigenvalue weighted by atomic mass is 16.5. The Hall–Kier alpha value is -1.47. The van der Waals surface area contributed by atoms with Crippen molar-refractivity contribution in [2.45, 2.75) is 50.8 Å². The molecular formula is C14H23N5O2. The van der Waals surface area contributed by atoms with Crippen molar-refractivity contribution in [3.63, 3.8) is 0 Å². The highest BCUT2D eigenvalue weighted by molar-refractivity contribution is 5.81. The topological polar surface area (TPSA) is 81.1 Å². The molecule has 0 unspecified atom stereocenters. The average molecular weight is 293 g/mol. The molecule has 2 aliphatic rings. The first-order chi connectivity index (χ1) is 10.3. The van der Waals surface area contributed by atoms with Gasteiger partial charge in [-0.25, -0.2) is 0 Å². The molecule has 7 heteroatoms. The molecular weight excluding hydrogens is 270 g/mol. The molecule has 0 bridgehead atoms. The number of hydrogen-bond donors (Lipinski definition) is 2. The summed E-state index contributed by atoms with van der Waals surface area (Å²) in [5.41, 5.74) is 0. The fourth-order valence-electron chi connectivity index (χ4n) is 3.07. The highest BCUT2D eigenvalue weighted by Gasteiger charge is 2.23. The van der Waals surface area contributed by atoms with E-state index in [1.807, 2.05) is 0 Å². The molecule has 0 aromatic carbocycles. The van der Waals surface area contributed by atoms with Crippen LogP contribution in [0, 0.1) is 0 Å². The molecule has 3 rings (SSSR count). The summed E-state index contributed by atoms with van der Waals surface area (Å²) in [6.45, 7) is 2.37. The Kier molecular flexibility index (Phi) is 4.82. The van der Waals surface area contributed by atoms with E-state index in [0.29, 0.717) is 25.7 Å². The number of amides is 1. The van der Waals surface area contributed by atoms with Crippen LogP contribution in [0.15, 0.2) is 6.33 Å². The number of hydrogen-bond acceptors (Lipinski definition) is 5. The van der Waals surface area contributed by atoms with Crippen molar-refractivity contribution in [1.82, 2.24) is 25.4 Å². The number of morpholine rings is 1. The zero-order valence-corrected chi connectivity index (χ0v) is 12.3. The first kappa shape index (κ1) is 14.5. The van der Waals surface area contributed by atoms with Gasteiger partial charge in [0.05, 0.1) is 13.2 Å². The third kappa shape index (κ3) is 3.59. The number of nitrogens with zero attached hydrogens (tertiary/aromatic N) is 3. The van der Waals surface area contributed by atoms with Crippen LogP contribution < -0.4 is 10.6 Å². The molecule has 1 aliphatic heterocycles. The van der Waals surface area contributed by atoms with Gasteiger partial charge in [-0.1, -0.05) is 19.3 Å². The number of aromatic nitrogens is 3. The van der Waals surface area contributed by atoms with Gasteiger partial charge < -0.3 is 19.9 Å². The predicted molar refractivity (Wildman–Crippen MR) is 76.6 cm³/mol. The van der Waals surface area contributed by atoms with Crippen molar-refractivity contribution in [1.29, 1.82) is 0 Å². The average Bonchev–Trinajstić information content (AvgIpc) is 3.03. The number of carbonyl (C=O) groups is 1. The van der Waals surface area contributed by atoms with Crippen LogP contribution in [-0.2, 0) is 16.1 Å². The molecule has 1 saturated heterocycles. The molecule has 1 amide bonds. The predicted octanol–water partition coefficient (Wildman–Crippen LogP) is 0.388. The maximum atomic E-state index is 12.0. The lowest BCUT2D eigenvalue weighted by atomic mass is 9.95. The van der Waals surface area contributed by atoms with Gasteiger partial charge in [0.15, 0.2) is 5.82 Å². The maximum absolute atomic E-state index is 12.0. The number of rotatable bonds is 4. The Bertz CT molecular complexity index is 464. The van der Waals surface area contributed by atoms with Gasteiger partial charge in [0.25, 0.3) is 5.91 Å². The third-order valence-electron chi connectivity index (χ3n) is 4.26. The van der Waals surface area contributed by atoms with E-state index in [9.17, 15) is 4.79 Å². The van der Waals surface area contributed by atoms with Crippen LogP contribution in [-0.4, -0.2) is 46.5 Å². The van der Waals surface area contributed by atoms with Crippen LogP contribution in [0.4, 0.5) is 0 Å². The minimum atomic E-state index is -0.398. The van der Waals surface area contributed by atoms with E-state index in [-0.39, 0.29) is 5.91 Å². The van der Waals surface area contributed by atoms with Crippen molar-refractivity contribution in [2.24, 2.45) is 0 Å². The van der Waals surface area contributed by atoms with E-state index >= 15 is 0 Å². The summed E-state index contributed by atoms with van der Waals surface area (Å²) in [6.07, 6.45) is 7.58. The number of carbonyl (C=O) groups excluding carboxylic acids is 1. The number of ether oxygens (including phenoxy) is 1. The van der Waals surface area contributed by atoms with Gasteiger partial charge >= 0.3 is 0 Å². The van der Waals surface area contributed by atoms with Gasteiger partial charge in [-0.3, -0.25) is 4.79 Å². The molecule has 1 saturated carbocycles. The van der Waals surface area contributed by atoms with E-state index in [2.05, 4.69) is 25.4 Å². The van der Waals surface area contributed by atoms with E-state index < -0.39 is 6.10 Å². The fraction of sp³-hybridized carbons (Fsp3) is 0.786. The lowest BCUT2D eigenvalue weighted by Crippen LogP contribution is -2.47. The quantitative estimate of drug-likeness (QED) is 0.839. The van der Waals surface area contributed by atoms with Gasteiger partial charge in [0, 0.05) is 19.1 Å². The van der Waals surface area contributed by atoms with Crippen LogP contribution in [0.2, 0.25) is 0 Å². The summed E-state index contributed by atoms with van der Waals surface area (Å²) in [6, 6.07) is 0.480. The Morgan fingerprint density at radius 3 is 3.05 bits per heavy atom. The van der Waals surface area contributed by atoms with Crippen molar-refractivity contribution < 1.29 is 9.53 Å². The summed E-state index contributed by atoms with van der Waals surface area (Å²) >= 11 is 0. The fourth-order valence-corrected chi connectivity index (χ4v) is 3.07. The second-order valence-corrected chi connectivity index (χ2v) is 5.73. The highest BCUT2D eigenvalue weighted by Crippen LogP contribution is 2.28. The van der Waals surface area contributed by atoms with Crippen LogP contribution in [0.5, 0.6) is 0 Å². The van der Waals surface area contributed by atoms with Crippen molar-refractivity contribution in [2.75, 3.05) is 19.7 Å². The summed E-state index contributed by atoms with van der Waals surface area (Å²) in [7, 11) is 0. The normalized spacial score (nSPS) is 23.9. The lowest BCUT2D eigenvalue weighted by Gasteiger charge is -2.25. The van der Waals surface area contributed by atoms with Gasteiger partial charge in [-0.2, -0.15) is 0 Å². The summed E-state index contributed by atoms with van der Waals surface area (Å²) in [4.78, 5) is 12.0. The molecule has 2 N–H and O–H groups in total. The molecule has 7 nitrogen and oxygen atoms in total. The molecule has 116 valence electrons. The van der Waals surface area contributed by atoms with Gasteiger partial charge in [0.1, 0.15) is 12.4 Å². The molecule has 1 aromatic heterocycles. The van der Waals surface area contributed by atoms with Gasteiger partial charge in [-0.15, -0.1) is 10.2 Å². The first-order valence-electron chi connectivity index (χ1n) is 7.83. The second-order valence-electron chi connectivity index (χ2n) is 5.73. The standard InChI is InChI=1S/C14H23N5O2/c20-14(12-8-15-6-7-21-12)16-9-13-18-17-10-19(13)11-4-2-1-3-5-11/h10-12,15H,1-9H2,(H,16,20)/t12-/m1/s1. The van der Waals surface area contributed by atoms with E-state index in [1.54, 1.807) is 6.33 Å². The molecule has 1 aliphatic carbocycles. The first-order valence-corrected chi connectivity index (χ1v) is 7.83. The Balaban J connectivity index is 1.55. The second kappa shape index (κ2) is 7.00. The zero-order valence-electron chi connectivity index (χ0n) is 12.3. The summed E-state index contributed by atoms with van der Waals surface area (Å²) in [5.74, 6) is 0.749. The Morgan fingerprint density at radius 1 is 1.43 bits per heavy atom. The molecule has 0 spiro atoms. The smallest absolute Gasteiger partial charge is 0.250 e. The molecule has 2 fully saturated rings. The summed E-state index contributed by atoms with van der Waals surface area (Å²) in [5, 5.41) is 14.2. The monoisotopic (exact) mass is 293 g/mol. The number of nitrogens with one attached hydrogen (secondary N) is 2. The molecule has 21 heavy (non-hydrogen) atoms. The van der Waals surface area contributed by atoms with Crippen molar-refractivity contribution in [3.8, 4) is 0 Å².